The Morgan fingerprint density at radius 1 is 1.09 bits per heavy atom. The summed E-state index contributed by atoms with van der Waals surface area (Å²) in [4.78, 5) is 12.0. The summed E-state index contributed by atoms with van der Waals surface area (Å²) in [6.45, 7) is 7.77. The molecule has 0 unspecified atom stereocenters. The summed E-state index contributed by atoms with van der Waals surface area (Å²) in [5, 5.41) is 4.48. The van der Waals surface area contributed by atoms with Crippen molar-refractivity contribution in [2.24, 2.45) is 0 Å². The highest BCUT2D eigenvalue weighted by Gasteiger charge is 2.17. The molecule has 5 heteroatoms. The van der Waals surface area contributed by atoms with Crippen LogP contribution < -0.4 is 15.0 Å². The molecule has 116 valence electrons. The zero-order chi connectivity index (χ0) is 15.7. The lowest BCUT2D eigenvalue weighted by Crippen LogP contribution is -2.27. The van der Waals surface area contributed by atoms with Gasteiger partial charge < -0.3 is 9.47 Å². The van der Waals surface area contributed by atoms with Crippen molar-refractivity contribution >= 4 is 0 Å². The molecule has 0 bridgehead atoms. The molecular formula is C17H20N2O3. The Bertz CT molecular complexity index is 744. The molecule has 2 heterocycles. The molecule has 0 saturated carbocycles. The monoisotopic (exact) mass is 300 g/mol. The van der Waals surface area contributed by atoms with E-state index in [1.54, 1.807) is 12.1 Å². The summed E-state index contributed by atoms with van der Waals surface area (Å²) >= 11 is 0. The average Bonchev–Trinajstić information content (AvgIpc) is 2.48. The predicted octanol–water partition coefficient (Wildman–Crippen LogP) is 2.36. The van der Waals surface area contributed by atoms with Gasteiger partial charge in [-0.1, -0.05) is 26.8 Å². The minimum Gasteiger partial charge on any atom is -0.486 e. The summed E-state index contributed by atoms with van der Waals surface area (Å²) in [6.07, 6.45) is 0. The molecular weight excluding hydrogens is 280 g/mol. The van der Waals surface area contributed by atoms with Crippen molar-refractivity contribution in [2.45, 2.75) is 32.7 Å². The number of ether oxygens (including phenoxy) is 2. The molecule has 0 fully saturated rings. The van der Waals surface area contributed by atoms with Crippen LogP contribution in [-0.4, -0.2) is 23.0 Å². The summed E-state index contributed by atoms with van der Waals surface area (Å²) in [5.41, 5.74) is 1.65. The minimum absolute atomic E-state index is 0.0950. The molecule has 1 aliphatic heterocycles. The van der Waals surface area contributed by atoms with Crippen molar-refractivity contribution in [2.75, 3.05) is 13.2 Å². The lowest BCUT2D eigenvalue weighted by Gasteiger charge is -2.20. The topological polar surface area (TPSA) is 53.4 Å². The molecule has 1 aliphatic rings. The Morgan fingerprint density at radius 3 is 2.55 bits per heavy atom. The Labute approximate surface area is 129 Å². The van der Waals surface area contributed by atoms with Crippen LogP contribution in [0.2, 0.25) is 0 Å². The van der Waals surface area contributed by atoms with E-state index in [9.17, 15) is 4.79 Å². The van der Waals surface area contributed by atoms with Crippen molar-refractivity contribution in [3.8, 4) is 11.5 Å². The van der Waals surface area contributed by atoms with E-state index in [2.05, 4.69) is 25.9 Å². The summed E-state index contributed by atoms with van der Waals surface area (Å²) in [6, 6.07) is 9.09. The van der Waals surface area contributed by atoms with E-state index in [0.29, 0.717) is 19.8 Å². The first-order valence-corrected chi connectivity index (χ1v) is 7.41. The van der Waals surface area contributed by atoms with Crippen molar-refractivity contribution in [3.05, 3.63) is 51.9 Å². The maximum absolute atomic E-state index is 12.0. The van der Waals surface area contributed by atoms with E-state index < -0.39 is 0 Å². The van der Waals surface area contributed by atoms with Crippen LogP contribution in [0.3, 0.4) is 0 Å². The number of rotatable bonds is 2. The van der Waals surface area contributed by atoms with Gasteiger partial charge in [-0.05, 0) is 23.8 Å². The van der Waals surface area contributed by atoms with Crippen molar-refractivity contribution in [3.63, 3.8) is 0 Å². The fraction of sp³-hybridized carbons (Fsp3) is 0.412. The van der Waals surface area contributed by atoms with Gasteiger partial charge in [0.25, 0.3) is 5.56 Å². The van der Waals surface area contributed by atoms with Gasteiger partial charge in [-0.25, -0.2) is 4.68 Å². The van der Waals surface area contributed by atoms with E-state index in [1.165, 1.54) is 4.68 Å². The van der Waals surface area contributed by atoms with Crippen LogP contribution in [0.4, 0.5) is 0 Å². The molecule has 0 N–H and O–H groups in total. The molecule has 0 saturated heterocycles. The van der Waals surface area contributed by atoms with E-state index in [-0.39, 0.29) is 11.0 Å². The normalized spacial score (nSPS) is 14.0. The molecule has 22 heavy (non-hydrogen) atoms. The molecule has 0 amide bonds. The predicted molar refractivity (Wildman–Crippen MR) is 83.7 cm³/mol. The molecule has 2 aromatic rings. The number of nitrogens with zero attached hydrogens (tertiary/aromatic N) is 2. The van der Waals surface area contributed by atoms with Gasteiger partial charge in [-0.15, -0.1) is 0 Å². The quantitative estimate of drug-likeness (QED) is 0.854. The van der Waals surface area contributed by atoms with Crippen LogP contribution in [-0.2, 0) is 12.0 Å². The van der Waals surface area contributed by atoms with Gasteiger partial charge in [0, 0.05) is 11.5 Å². The van der Waals surface area contributed by atoms with Crippen LogP contribution in [0, 0.1) is 0 Å². The molecule has 0 spiro atoms. The lowest BCUT2D eigenvalue weighted by atomic mass is 9.92. The second-order valence-corrected chi connectivity index (χ2v) is 6.44. The summed E-state index contributed by atoms with van der Waals surface area (Å²) < 4.78 is 12.6. The van der Waals surface area contributed by atoms with Crippen molar-refractivity contribution in [1.29, 1.82) is 0 Å². The maximum atomic E-state index is 12.0. The van der Waals surface area contributed by atoms with Gasteiger partial charge in [-0.2, -0.15) is 5.10 Å². The number of aromatic nitrogens is 2. The highest BCUT2D eigenvalue weighted by Crippen LogP contribution is 2.30. The molecule has 0 radical (unpaired) electrons. The van der Waals surface area contributed by atoms with Crippen molar-refractivity contribution < 1.29 is 9.47 Å². The van der Waals surface area contributed by atoms with E-state index >= 15 is 0 Å². The first kappa shape index (κ1) is 14.6. The Balaban J connectivity index is 1.91. The minimum atomic E-state index is -0.108. The van der Waals surface area contributed by atoms with Gasteiger partial charge in [0.15, 0.2) is 11.5 Å². The van der Waals surface area contributed by atoms with Crippen LogP contribution in [0.25, 0.3) is 0 Å². The van der Waals surface area contributed by atoms with Gasteiger partial charge in [0.1, 0.15) is 13.2 Å². The molecule has 0 aliphatic carbocycles. The van der Waals surface area contributed by atoms with Crippen LogP contribution >= 0.6 is 0 Å². The standard InChI is InChI=1S/C17H20N2O3/c1-17(2,3)15-6-7-16(20)19(18-15)11-12-4-5-13-14(10-12)22-9-8-21-13/h4-7,10H,8-9,11H2,1-3H3. The Kier molecular flexibility index (Phi) is 3.64. The molecule has 1 aromatic heterocycles. The lowest BCUT2D eigenvalue weighted by molar-refractivity contribution is 0.171. The first-order chi connectivity index (χ1) is 10.4. The average molecular weight is 300 g/mol. The second-order valence-electron chi connectivity index (χ2n) is 6.44. The first-order valence-electron chi connectivity index (χ1n) is 7.41. The number of hydrogen-bond donors (Lipinski definition) is 0. The zero-order valence-corrected chi connectivity index (χ0v) is 13.1. The second kappa shape index (κ2) is 5.48. The smallest absolute Gasteiger partial charge is 0.267 e. The van der Waals surface area contributed by atoms with Crippen LogP contribution in [0.1, 0.15) is 32.0 Å². The van der Waals surface area contributed by atoms with Gasteiger partial charge in [0.2, 0.25) is 0 Å². The third-order valence-corrected chi connectivity index (χ3v) is 3.57. The summed E-state index contributed by atoms with van der Waals surface area (Å²) in [7, 11) is 0. The van der Waals surface area contributed by atoms with Gasteiger partial charge in [-0.3, -0.25) is 4.79 Å². The van der Waals surface area contributed by atoms with Gasteiger partial charge >= 0.3 is 0 Å². The fourth-order valence-electron chi connectivity index (χ4n) is 2.32. The van der Waals surface area contributed by atoms with Gasteiger partial charge in [0.05, 0.1) is 12.2 Å². The highest BCUT2D eigenvalue weighted by atomic mass is 16.6. The van der Waals surface area contributed by atoms with Crippen LogP contribution in [0.5, 0.6) is 11.5 Å². The zero-order valence-electron chi connectivity index (χ0n) is 13.1. The third kappa shape index (κ3) is 2.98. The highest BCUT2D eigenvalue weighted by molar-refractivity contribution is 5.43. The van der Waals surface area contributed by atoms with Crippen molar-refractivity contribution in [1.82, 2.24) is 9.78 Å². The van der Waals surface area contributed by atoms with E-state index in [4.69, 9.17) is 9.47 Å². The third-order valence-electron chi connectivity index (χ3n) is 3.57. The largest absolute Gasteiger partial charge is 0.486 e. The maximum Gasteiger partial charge on any atom is 0.267 e. The molecule has 5 nitrogen and oxygen atoms in total. The Hall–Kier alpha value is -2.30. The number of hydrogen-bond acceptors (Lipinski definition) is 4. The molecule has 1 aromatic carbocycles. The number of benzene rings is 1. The fourth-order valence-corrected chi connectivity index (χ4v) is 2.32. The summed E-state index contributed by atoms with van der Waals surface area (Å²) in [5.74, 6) is 1.47. The number of fused-ring (bicyclic) bond motifs is 1. The van der Waals surface area contributed by atoms with E-state index in [0.717, 1.165) is 22.8 Å². The van der Waals surface area contributed by atoms with Crippen LogP contribution in [0.15, 0.2) is 35.1 Å². The molecule has 3 rings (SSSR count). The van der Waals surface area contributed by atoms with E-state index in [1.807, 2.05) is 18.2 Å². The molecule has 0 atom stereocenters. The Morgan fingerprint density at radius 2 is 1.82 bits per heavy atom. The SMILES string of the molecule is CC(C)(C)c1ccc(=O)n(Cc2ccc3c(c2)OCCO3)n1.